The van der Waals surface area contributed by atoms with Gasteiger partial charge in [0, 0.05) is 6.54 Å². The highest BCUT2D eigenvalue weighted by molar-refractivity contribution is 7.07. The van der Waals surface area contributed by atoms with Gasteiger partial charge in [0.15, 0.2) is 0 Å². The average molecular weight is 378 g/mol. The van der Waals surface area contributed by atoms with E-state index in [0.29, 0.717) is 13.2 Å². The first-order valence-corrected chi connectivity index (χ1v) is 9.95. The molecule has 3 aromatic rings. The molecule has 27 heavy (non-hydrogen) atoms. The fraction of sp³-hybridized carbons (Fsp3) is 0.227. The molecule has 1 aromatic heterocycles. The summed E-state index contributed by atoms with van der Waals surface area (Å²) in [6.45, 7) is 1.58. The van der Waals surface area contributed by atoms with Crippen LogP contribution in [0.2, 0.25) is 0 Å². The highest BCUT2D eigenvalue weighted by Gasteiger charge is 2.33. The number of anilines is 1. The molecule has 0 bridgehead atoms. The summed E-state index contributed by atoms with van der Waals surface area (Å²) in [4.78, 5) is 17.3. The van der Waals surface area contributed by atoms with Gasteiger partial charge in [-0.25, -0.2) is 0 Å². The second kappa shape index (κ2) is 7.94. The molecule has 0 spiro atoms. The molecule has 0 saturated heterocycles. The number of carbonyl (C=O) groups excluding carboxylic acids is 1. The van der Waals surface area contributed by atoms with Gasteiger partial charge >= 0.3 is 0 Å². The number of hydrogen-bond acceptors (Lipinski definition) is 4. The van der Waals surface area contributed by atoms with Crippen LogP contribution in [0, 0.1) is 0 Å². The van der Waals surface area contributed by atoms with E-state index in [2.05, 4.69) is 33.9 Å². The Morgan fingerprint density at radius 2 is 1.93 bits per heavy atom. The zero-order valence-corrected chi connectivity index (χ0v) is 16.1. The van der Waals surface area contributed by atoms with Gasteiger partial charge < -0.3 is 4.74 Å². The maximum Gasteiger partial charge on any atom is 0.241 e. The number of carbonyl (C=O) groups is 1. The fourth-order valence-corrected chi connectivity index (χ4v) is 4.14. The second-order valence-electron chi connectivity index (χ2n) is 6.77. The summed E-state index contributed by atoms with van der Waals surface area (Å²) in [6.07, 6.45) is 0. The molecule has 4 nitrogen and oxygen atoms in total. The topological polar surface area (TPSA) is 32.8 Å². The minimum absolute atomic E-state index is 0.0809. The maximum absolute atomic E-state index is 13.3. The highest BCUT2D eigenvalue weighted by atomic mass is 32.1. The van der Waals surface area contributed by atoms with Gasteiger partial charge in [0.1, 0.15) is 12.4 Å². The van der Waals surface area contributed by atoms with Crippen LogP contribution < -0.4 is 9.64 Å². The number of amides is 1. The number of para-hydroxylation sites is 2. The van der Waals surface area contributed by atoms with Gasteiger partial charge in [0.05, 0.1) is 18.3 Å². The van der Waals surface area contributed by atoms with Gasteiger partial charge in [0.2, 0.25) is 5.91 Å². The summed E-state index contributed by atoms with van der Waals surface area (Å²) in [6, 6.07) is 19.8. The van der Waals surface area contributed by atoms with Crippen LogP contribution in [0.4, 0.5) is 5.69 Å². The van der Waals surface area contributed by atoms with Crippen molar-refractivity contribution in [2.45, 2.75) is 12.6 Å². The SMILES string of the molecule is CN(CC(=O)N1c2ccccc2OC[C@H]1c1ccccc1)Cc1ccsc1. The van der Waals surface area contributed by atoms with Crippen molar-refractivity contribution in [1.82, 2.24) is 4.90 Å². The minimum Gasteiger partial charge on any atom is -0.489 e. The standard InChI is InChI=1S/C22H22N2O2S/c1-23(13-17-11-12-27-16-17)14-22(25)24-19-9-5-6-10-21(19)26-15-20(24)18-7-3-2-4-8-18/h2-12,16,20H,13-15H2,1H3/t20-/m0/s1. The molecule has 2 heterocycles. The lowest BCUT2D eigenvalue weighted by molar-refractivity contribution is -0.120. The zero-order valence-electron chi connectivity index (χ0n) is 15.2. The lowest BCUT2D eigenvalue weighted by Gasteiger charge is -2.38. The molecule has 2 aromatic carbocycles. The zero-order chi connectivity index (χ0) is 18.6. The Morgan fingerprint density at radius 1 is 1.15 bits per heavy atom. The van der Waals surface area contributed by atoms with Gasteiger partial charge in [-0.3, -0.25) is 14.6 Å². The van der Waals surface area contributed by atoms with E-state index in [1.165, 1.54) is 5.56 Å². The quantitative estimate of drug-likeness (QED) is 0.662. The van der Waals surface area contributed by atoms with E-state index in [4.69, 9.17) is 4.74 Å². The van der Waals surface area contributed by atoms with E-state index in [0.717, 1.165) is 23.5 Å². The Hall–Kier alpha value is -2.63. The Balaban J connectivity index is 1.60. The van der Waals surface area contributed by atoms with Crippen LogP contribution in [0.25, 0.3) is 0 Å². The van der Waals surface area contributed by atoms with E-state index in [-0.39, 0.29) is 11.9 Å². The van der Waals surface area contributed by atoms with Crippen molar-refractivity contribution in [2.24, 2.45) is 0 Å². The summed E-state index contributed by atoms with van der Waals surface area (Å²) in [5.74, 6) is 0.843. The van der Waals surface area contributed by atoms with Crippen molar-refractivity contribution < 1.29 is 9.53 Å². The van der Waals surface area contributed by atoms with Crippen LogP contribution in [-0.2, 0) is 11.3 Å². The molecule has 1 aliphatic rings. The maximum atomic E-state index is 13.3. The van der Waals surface area contributed by atoms with Crippen LogP contribution in [0.1, 0.15) is 17.2 Å². The molecule has 0 fully saturated rings. The highest BCUT2D eigenvalue weighted by Crippen LogP contribution is 2.39. The van der Waals surface area contributed by atoms with Crippen LogP contribution in [-0.4, -0.2) is 31.0 Å². The van der Waals surface area contributed by atoms with Gasteiger partial charge in [-0.2, -0.15) is 11.3 Å². The Morgan fingerprint density at radius 3 is 2.70 bits per heavy atom. The number of thiophene rings is 1. The van der Waals surface area contributed by atoms with Gasteiger partial charge in [-0.1, -0.05) is 42.5 Å². The molecule has 0 unspecified atom stereocenters. The van der Waals surface area contributed by atoms with Gasteiger partial charge in [-0.05, 0) is 47.1 Å². The normalized spacial score (nSPS) is 16.1. The predicted octanol–water partition coefficient (Wildman–Crippen LogP) is 4.35. The third kappa shape index (κ3) is 3.89. The van der Waals surface area contributed by atoms with Gasteiger partial charge in [0.25, 0.3) is 0 Å². The molecule has 4 rings (SSSR count). The Kier molecular flexibility index (Phi) is 5.23. The van der Waals surface area contributed by atoms with E-state index in [1.54, 1.807) is 11.3 Å². The molecule has 5 heteroatoms. The lowest BCUT2D eigenvalue weighted by Crippen LogP contribution is -2.45. The summed E-state index contributed by atoms with van der Waals surface area (Å²) in [5.41, 5.74) is 3.16. The van der Waals surface area contributed by atoms with Crippen molar-refractivity contribution >= 4 is 22.9 Å². The molecule has 0 saturated carbocycles. The third-order valence-electron chi connectivity index (χ3n) is 4.72. The molecule has 0 radical (unpaired) electrons. The molecule has 138 valence electrons. The monoisotopic (exact) mass is 378 g/mol. The Bertz CT molecular complexity index is 896. The Labute approximate surface area is 163 Å². The van der Waals surface area contributed by atoms with Crippen LogP contribution in [0.15, 0.2) is 71.4 Å². The van der Waals surface area contributed by atoms with Gasteiger partial charge in [-0.15, -0.1) is 0 Å². The molecule has 1 atom stereocenters. The number of rotatable bonds is 5. The molecule has 0 N–H and O–H groups in total. The van der Waals surface area contributed by atoms with Crippen molar-refractivity contribution in [3.63, 3.8) is 0 Å². The number of hydrogen-bond donors (Lipinski definition) is 0. The summed E-state index contributed by atoms with van der Waals surface area (Å²) in [7, 11) is 1.99. The van der Waals surface area contributed by atoms with Crippen LogP contribution in [0.3, 0.4) is 0 Å². The largest absolute Gasteiger partial charge is 0.489 e. The number of benzene rings is 2. The fourth-order valence-electron chi connectivity index (χ4n) is 3.48. The first-order valence-electron chi connectivity index (χ1n) is 9.01. The van der Waals surface area contributed by atoms with Crippen LogP contribution in [0.5, 0.6) is 5.75 Å². The van der Waals surface area contributed by atoms with E-state index < -0.39 is 0 Å². The molecular weight excluding hydrogens is 356 g/mol. The number of fused-ring (bicyclic) bond motifs is 1. The smallest absolute Gasteiger partial charge is 0.241 e. The summed E-state index contributed by atoms with van der Waals surface area (Å²) in [5, 5.41) is 4.19. The van der Waals surface area contributed by atoms with E-state index in [9.17, 15) is 4.79 Å². The number of likely N-dealkylation sites (N-methyl/N-ethyl adjacent to an activating group) is 1. The van der Waals surface area contributed by atoms with Crippen LogP contribution >= 0.6 is 11.3 Å². The summed E-state index contributed by atoms with van der Waals surface area (Å²) < 4.78 is 5.95. The molecule has 1 amide bonds. The number of nitrogens with zero attached hydrogens (tertiary/aromatic N) is 2. The molecular formula is C22H22N2O2S. The van der Waals surface area contributed by atoms with Crippen molar-refractivity contribution in [1.29, 1.82) is 0 Å². The third-order valence-corrected chi connectivity index (χ3v) is 5.46. The minimum atomic E-state index is -0.122. The molecule has 1 aliphatic heterocycles. The van der Waals surface area contributed by atoms with E-state index in [1.807, 2.05) is 54.4 Å². The predicted molar refractivity (Wildman–Crippen MR) is 109 cm³/mol. The lowest BCUT2D eigenvalue weighted by atomic mass is 10.0. The summed E-state index contributed by atoms with van der Waals surface area (Å²) >= 11 is 1.68. The average Bonchev–Trinajstić information content (AvgIpc) is 3.20. The first kappa shape index (κ1) is 17.8. The molecule has 0 aliphatic carbocycles. The number of ether oxygens (including phenoxy) is 1. The van der Waals surface area contributed by atoms with Crippen molar-refractivity contribution in [3.8, 4) is 5.75 Å². The van der Waals surface area contributed by atoms with Crippen molar-refractivity contribution in [2.75, 3.05) is 25.1 Å². The van der Waals surface area contributed by atoms with E-state index >= 15 is 0 Å². The van der Waals surface area contributed by atoms with Crippen molar-refractivity contribution in [3.05, 3.63) is 82.6 Å². The second-order valence-corrected chi connectivity index (χ2v) is 7.55. The first-order chi connectivity index (χ1) is 13.2.